The summed E-state index contributed by atoms with van der Waals surface area (Å²) >= 11 is 0. The highest BCUT2D eigenvalue weighted by Gasteiger charge is 2.56. The lowest BCUT2D eigenvalue weighted by atomic mass is 9.52. The molecular weight excluding hydrogens is 568 g/mol. The van der Waals surface area contributed by atoms with Gasteiger partial charge in [0.05, 0.1) is 11.0 Å². The molecule has 6 rings (SSSR count). The summed E-state index contributed by atoms with van der Waals surface area (Å²) in [7, 11) is 3.87. The number of ketones is 2. The fourth-order valence-electron chi connectivity index (χ4n) is 7.16. The van der Waals surface area contributed by atoms with Crippen molar-refractivity contribution in [3.8, 4) is 5.88 Å². The molecule has 3 aromatic rings. The van der Waals surface area contributed by atoms with Gasteiger partial charge in [-0.25, -0.2) is 4.79 Å². The molecule has 2 unspecified atom stereocenters. The van der Waals surface area contributed by atoms with Crippen LogP contribution in [-0.4, -0.2) is 42.4 Å². The van der Waals surface area contributed by atoms with E-state index in [1.807, 2.05) is 82.2 Å². The second kappa shape index (κ2) is 12.0. The molecule has 8 heteroatoms. The van der Waals surface area contributed by atoms with Gasteiger partial charge in [0, 0.05) is 37.3 Å². The number of hydrogen-bond acceptors (Lipinski definition) is 8. The summed E-state index contributed by atoms with van der Waals surface area (Å²) in [5, 5.41) is 4.14. The van der Waals surface area contributed by atoms with Gasteiger partial charge in [-0.1, -0.05) is 57.2 Å². The first-order valence-corrected chi connectivity index (χ1v) is 15.8. The molecule has 0 fully saturated rings. The molecule has 0 saturated heterocycles. The monoisotopic (exact) mass is 612 g/mol. The lowest BCUT2D eigenvalue weighted by Gasteiger charge is -2.49. The number of ether oxygens (including phenoxy) is 2. The van der Waals surface area contributed by atoms with Crippen LogP contribution in [0.2, 0.25) is 0 Å². The van der Waals surface area contributed by atoms with E-state index in [0.717, 1.165) is 16.8 Å². The summed E-state index contributed by atoms with van der Waals surface area (Å²) in [5.74, 6) is -0.418. The molecule has 0 bridgehead atoms. The van der Waals surface area contributed by atoms with Crippen LogP contribution in [0.4, 0.5) is 5.69 Å². The Morgan fingerprint density at radius 2 is 1.73 bits per heavy atom. The second-order valence-electron chi connectivity index (χ2n) is 13.5. The van der Waals surface area contributed by atoms with Crippen LogP contribution in [0.15, 0.2) is 58.6 Å². The van der Waals surface area contributed by atoms with Crippen LogP contribution < -0.4 is 9.64 Å². The van der Waals surface area contributed by atoms with Crippen molar-refractivity contribution in [2.45, 2.75) is 73.5 Å². The molecule has 1 heterocycles. The van der Waals surface area contributed by atoms with Crippen LogP contribution in [0.25, 0.3) is 0 Å². The molecule has 3 aliphatic rings. The van der Waals surface area contributed by atoms with E-state index in [1.165, 1.54) is 0 Å². The zero-order valence-electron chi connectivity index (χ0n) is 27.8. The highest BCUT2D eigenvalue weighted by molar-refractivity contribution is 6.18. The predicted molar refractivity (Wildman–Crippen MR) is 173 cm³/mol. The largest absolute Gasteiger partial charge is 0.470 e. The van der Waals surface area contributed by atoms with E-state index in [9.17, 15) is 14.4 Å². The van der Waals surface area contributed by atoms with Gasteiger partial charge in [0.15, 0.2) is 17.3 Å². The van der Waals surface area contributed by atoms with Crippen molar-refractivity contribution in [1.29, 1.82) is 0 Å². The third kappa shape index (κ3) is 5.60. The zero-order chi connectivity index (χ0) is 32.8. The zero-order valence-corrected chi connectivity index (χ0v) is 27.8. The van der Waals surface area contributed by atoms with Gasteiger partial charge in [-0.3, -0.25) is 9.59 Å². The summed E-state index contributed by atoms with van der Waals surface area (Å²) in [6.45, 7) is 13.7. The number of rotatable bonds is 5. The SMILES string of the molecule is CC.CC1C2Cc3c(N(C)C)ccc(C(=O)OC(C)(C)C)c3C(=O)C2=C[C@]2(C)C(=O)c3c(OCc4ccccc4)noc3C[C@H]12. The molecule has 8 nitrogen and oxygen atoms in total. The molecule has 45 heavy (non-hydrogen) atoms. The van der Waals surface area contributed by atoms with Crippen LogP contribution in [-0.2, 0) is 24.2 Å². The molecule has 0 N–H and O–H groups in total. The Morgan fingerprint density at radius 1 is 1.04 bits per heavy atom. The quantitative estimate of drug-likeness (QED) is 0.277. The van der Waals surface area contributed by atoms with E-state index in [2.05, 4.69) is 12.1 Å². The fraction of sp³-hybridized carbons (Fsp3) is 0.459. The first-order chi connectivity index (χ1) is 21.3. The smallest absolute Gasteiger partial charge is 0.339 e. The van der Waals surface area contributed by atoms with Crippen molar-refractivity contribution in [1.82, 2.24) is 5.16 Å². The predicted octanol–water partition coefficient (Wildman–Crippen LogP) is 7.29. The fourth-order valence-corrected chi connectivity index (χ4v) is 7.16. The van der Waals surface area contributed by atoms with E-state index in [0.29, 0.717) is 35.3 Å². The van der Waals surface area contributed by atoms with Crippen molar-refractivity contribution in [3.63, 3.8) is 0 Å². The van der Waals surface area contributed by atoms with E-state index in [4.69, 9.17) is 14.0 Å². The van der Waals surface area contributed by atoms with Crippen molar-refractivity contribution < 1.29 is 28.4 Å². The Balaban J connectivity index is 0.00000196. The van der Waals surface area contributed by atoms with Gasteiger partial charge in [0.2, 0.25) is 0 Å². The van der Waals surface area contributed by atoms with Crippen molar-refractivity contribution in [2.75, 3.05) is 19.0 Å². The second-order valence-corrected chi connectivity index (χ2v) is 13.5. The molecule has 0 aliphatic heterocycles. The normalized spacial score (nSPS) is 23.3. The molecule has 0 amide bonds. The number of carbonyl (C=O) groups is 3. The van der Waals surface area contributed by atoms with Crippen LogP contribution in [0.5, 0.6) is 5.88 Å². The third-order valence-corrected chi connectivity index (χ3v) is 9.27. The number of aromatic nitrogens is 1. The van der Waals surface area contributed by atoms with Crippen LogP contribution >= 0.6 is 0 Å². The topological polar surface area (TPSA) is 98.9 Å². The van der Waals surface area contributed by atoms with Crippen molar-refractivity contribution in [2.24, 2.45) is 23.2 Å². The van der Waals surface area contributed by atoms with Gasteiger partial charge in [-0.05, 0) is 80.3 Å². The maximum atomic E-state index is 14.4. The molecule has 0 saturated carbocycles. The summed E-state index contributed by atoms with van der Waals surface area (Å²) < 4.78 is 17.4. The number of benzene rings is 2. The minimum Gasteiger partial charge on any atom is -0.470 e. The summed E-state index contributed by atoms with van der Waals surface area (Å²) in [5.41, 5.74) is 2.58. The van der Waals surface area contributed by atoms with Gasteiger partial charge < -0.3 is 18.9 Å². The highest BCUT2D eigenvalue weighted by atomic mass is 16.6. The minimum absolute atomic E-state index is 0.0156. The number of hydrogen-bond donors (Lipinski definition) is 0. The van der Waals surface area contributed by atoms with E-state index in [1.54, 1.807) is 26.8 Å². The van der Waals surface area contributed by atoms with Crippen molar-refractivity contribution in [3.05, 3.63) is 87.7 Å². The lowest BCUT2D eigenvalue weighted by molar-refractivity contribution is 0.00669. The highest BCUT2D eigenvalue weighted by Crippen LogP contribution is 2.56. The standard InChI is InChI=1S/C35H38N2O6.C2H6/c1-19-22-15-23-26(37(6)7)14-13-21(33(40)42-34(2,3)4)28(23)30(38)24(22)17-35(5)25(19)16-27-29(31(35)39)32(36-43-27)41-18-20-11-9-8-10-12-20;1-2/h8-14,17,19,22,25H,15-16,18H2,1-7H3;1-2H3/t19?,22?,25-,35+;/m1./s1. The minimum atomic E-state index is -0.965. The van der Waals surface area contributed by atoms with Crippen molar-refractivity contribution >= 4 is 23.2 Å². The van der Waals surface area contributed by atoms with E-state index in [-0.39, 0.29) is 47.4 Å². The average Bonchev–Trinajstić information content (AvgIpc) is 3.41. The number of allylic oxidation sites excluding steroid dienone is 2. The number of carbonyl (C=O) groups excluding carboxylic acids is 3. The molecule has 1 aromatic heterocycles. The summed E-state index contributed by atoms with van der Waals surface area (Å²) in [4.78, 5) is 44.1. The van der Waals surface area contributed by atoms with Gasteiger partial charge in [0.1, 0.15) is 17.8 Å². The number of esters is 1. The molecular formula is C37H44N2O6. The van der Waals surface area contributed by atoms with E-state index >= 15 is 0 Å². The Bertz CT molecular complexity index is 1660. The number of nitrogens with zero attached hydrogens (tertiary/aromatic N) is 2. The average molecular weight is 613 g/mol. The number of Topliss-reactive ketones (excluding diaryl/α,β-unsaturated/α-hetero) is 2. The third-order valence-electron chi connectivity index (χ3n) is 9.27. The van der Waals surface area contributed by atoms with Crippen LogP contribution in [0.1, 0.15) is 96.4 Å². The Hall–Kier alpha value is -4.20. The van der Waals surface area contributed by atoms with Gasteiger partial charge in [-0.2, -0.15) is 0 Å². The van der Waals surface area contributed by atoms with Gasteiger partial charge in [-0.15, -0.1) is 0 Å². The van der Waals surface area contributed by atoms with Crippen LogP contribution in [0, 0.1) is 23.2 Å². The molecule has 3 aliphatic carbocycles. The Morgan fingerprint density at radius 3 is 2.38 bits per heavy atom. The molecule has 0 radical (unpaired) electrons. The number of anilines is 1. The molecule has 2 aromatic carbocycles. The van der Waals surface area contributed by atoms with Gasteiger partial charge in [0.25, 0.3) is 5.88 Å². The van der Waals surface area contributed by atoms with E-state index < -0.39 is 17.0 Å². The Kier molecular flexibility index (Phi) is 8.55. The maximum Gasteiger partial charge on any atom is 0.339 e. The molecule has 238 valence electrons. The molecule has 4 atom stereocenters. The maximum absolute atomic E-state index is 14.4. The first kappa shape index (κ1) is 32.2. The first-order valence-electron chi connectivity index (χ1n) is 15.8. The summed E-state index contributed by atoms with van der Waals surface area (Å²) in [6, 6.07) is 13.2. The summed E-state index contributed by atoms with van der Waals surface area (Å²) in [6.07, 6.45) is 2.96. The number of fused-ring (bicyclic) bond motifs is 4. The van der Waals surface area contributed by atoms with Crippen LogP contribution in [0.3, 0.4) is 0 Å². The Labute approximate surface area is 265 Å². The van der Waals surface area contributed by atoms with Gasteiger partial charge >= 0.3 is 5.97 Å². The molecule has 0 spiro atoms. The lowest BCUT2D eigenvalue weighted by Crippen LogP contribution is -2.50.